The van der Waals surface area contributed by atoms with Crippen molar-refractivity contribution in [1.82, 2.24) is 4.72 Å². The summed E-state index contributed by atoms with van der Waals surface area (Å²) in [6, 6.07) is 2.39. The number of sulfonamides is 1. The van der Waals surface area contributed by atoms with Crippen LogP contribution in [-0.4, -0.2) is 31.6 Å². The molecule has 0 saturated carbocycles. The predicted octanol–water partition coefficient (Wildman–Crippen LogP) is 1.03. The average molecular weight is 306 g/mol. The van der Waals surface area contributed by atoms with E-state index in [2.05, 4.69) is 4.72 Å². The first-order chi connectivity index (χ1) is 9.27. The lowest BCUT2D eigenvalue weighted by atomic mass is 10.1. The smallest absolute Gasteiger partial charge is 0.304 e. The van der Waals surface area contributed by atoms with Crippen LogP contribution in [0.4, 0.5) is 10.1 Å². The minimum Gasteiger partial charge on any atom is -0.396 e. The van der Waals surface area contributed by atoms with E-state index in [1.807, 2.05) is 0 Å². The fraction of sp³-hybridized carbons (Fsp3) is 0.455. The Hall–Kier alpha value is -1.58. The predicted molar refractivity (Wildman–Crippen MR) is 69.1 cm³/mol. The zero-order chi connectivity index (χ0) is 15.3. The summed E-state index contributed by atoms with van der Waals surface area (Å²) < 4.78 is 39.4. The van der Waals surface area contributed by atoms with Crippen molar-refractivity contribution in [2.75, 3.05) is 13.2 Å². The summed E-state index contributed by atoms with van der Waals surface area (Å²) in [4.78, 5) is 9.14. The fourth-order valence-electron chi connectivity index (χ4n) is 1.46. The molecule has 0 amide bonds. The molecule has 1 aromatic carbocycles. The van der Waals surface area contributed by atoms with E-state index in [4.69, 9.17) is 5.11 Å². The normalized spacial score (nSPS) is 13.2. The highest BCUT2D eigenvalue weighted by Gasteiger charge is 2.20. The van der Waals surface area contributed by atoms with E-state index >= 15 is 0 Å². The molecule has 0 aliphatic rings. The minimum atomic E-state index is -3.93. The van der Waals surface area contributed by atoms with Gasteiger partial charge in [0.2, 0.25) is 15.8 Å². The van der Waals surface area contributed by atoms with Gasteiger partial charge in [-0.1, -0.05) is 6.92 Å². The van der Waals surface area contributed by atoms with Crippen LogP contribution < -0.4 is 4.72 Å². The molecule has 20 heavy (non-hydrogen) atoms. The number of hydrogen-bond acceptors (Lipinski definition) is 5. The Balaban J connectivity index is 2.88. The Kier molecular flexibility index (Phi) is 5.54. The number of nitrogens with one attached hydrogen (secondary N) is 1. The van der Waals surface area contributed by atoms with Crippen LogP contribution in [0, 0.1) is 21.8 Å². The Morgan fingerprint density at radius 3 is 2.65 bits per heavy atom. The standard InChI is InChI=1S/C11H15FN2O5S/c1-8(4-5-15)7-13-20(18,19)9-2-3-11(14(16)17)10(12)6-9/h2-3,6,8,13,15H,4-5,7H2,1H3. The molecule has 0 bridgehead atoms. The molecule has 9 heteroatoms. The minimum absolute atomic E-state index is 0.0605. The number of nitrogens with zero attached hydrogens (tertiary/aromatic N) is 1. The van der Waals surface area contributed by atoms with Gasteiger partial charge in [-0.05, 0) is 18.4 Å². The molecule has 112 valence electrons. The second-order valence-electron chi connectivity index (χ2n) is 4.34. The van der Waals surface area contributed by atoms with Crippen LogP contribution in [0.25, 0.3) is 0 Å². The molecule has 0 aliphatic carbocycles. The molecule has 1 aromatic rings. The zero-order valence-corrected chi connectivity index (χ0v) is 11.6. The SMILES string of the molecule is CC(CCO)CNS(=O)(=O)c1ccc([N+](=O)[O-])c(F)c1. The molecule has 0 heterocycles. The lowest BCUT2D eigenvalue weighted by Crippen LogP contribution is -2.28. The molecule has 0 aliphatic heterocycles. The van der Waals surface area contributed by atoms with Gasteiger partial charge >= 0.3 is 5.69 Å². The van der Waals surface area contributed by atoms with E-state index < -0.39 is 26.5 Å². The first-order valence-electron chi connectivity index (χ1n) is 5.82. The third kappa shape index (κ3) is 4.22. The molecule has 0 radical (unpaired) electrons. The maximum absolute atomic E-state index is 13.4. The van der Waals surface area contributed by atoms with Crippen LogP contribution in [0.15, 0.2) is 23.1 Å². The van der Waals surface area contributed by atoms with E-state index in [9.17, 15) is 22.9 Å². The van der Waals surface area contributed by atoms with Crippen LogP contribution in [0.2, 0.25) is 0 Å². The number of benzene rings is 1. The first kappa shape index (κ1) is 16.5. The van der Waals surface area contributed by atoms with E-state index in [1.54, 1.807) is 6.92 Å². The van der Waals surface area contributed by atoms with Gasteiger partial charge in [0.1, 0.15) is 0 Å². The van der Waals surface area contributed by atoms with Gasteiger partial charge in [0.05, 0.1) is 9.82 Å². The molecule has 1 unspecified atom stereocenters. The molecule has 0 fully saturated rings. The topological polar surface area (TPSA) is 110 Å². The van der Waals surface area contributed by atoms with Crippen molar-refractivity contribution in [3.63, 3.8) is 0 Å². The lowest BCUT2D eigenvalue weighted by molar-refractivity contribution is -0.387. The van der Waals surface area contributed by atoms with Crippen LogP contribution in [0.3, 0.4) is 0 Å². The second kappa shape index (κ2) is 6.73. The van der Waals surface area contributed by atoms with Gasteiger partial charge < -0.3 is 5.11 Å². The van der Waals surface area contributed by atoms with Gasteiger partial charge in [-0.2, -0.15) is 4.39 Å². The number of nitro benzene ring substituents is 1. The third-order valence-electron chi connectivity index (χ3n) is 2.67. The summed E-state index contributed by atoms with van der Waals surface area (Å²) in [6.45, 7) is 1.77. The summed E-state index contributed by atoms with van der Waals surface area (Å²) in [5.41, 5.74) is -0.780. The van der Waals surface area contributed by atoms with E-state index in [0.29, 0.717) is 12.5 Å². The number of rotatable bonds is 7. The monoisotopic (exact) mass is 306 g/mol. The zero-order valence-electron chi connectivity index (χ0n) is 10.7. The summed E-state index contributed by atoms with van der Waals surface area (Å²) >= 11 is 0. The number of nitro groups is 1. The maximum Gasteiger partial charge on any atom is 0.304 e. The molecular weight excluding hydrogens is 291 g/mol. The van der Waals surface area contributed by atoms with Gasteiger partial charge in [0, 0.05) is 25.3 Å². The molecule has 2 N–H and O–H groups in total. The van der Waals surface area contributed by atoms with Crippen LogP contribution in [-0.2, 0) is 10.0 Å². The van der Waals surface area contributed by atoms with Gasteiger partial charge in [0.25, 0.3) is 0 Å². The van der Waals surface area contributed by atoms with E-state index in [1.165, 1.54) is 0 Å². The van der Waals surface area contributed by atoms with Crippen LogP contribution >= 0.6 is 0 Å². The highest BCUT2D eigenvalue weighted by Crippen LogP contribution is 2.20. The van der Waals surface area contributed by atoms with E-state index in [0.717, 1.165) is 12.1 Å². The molecule has 1 atom stereocenters. The Morgan fingerprint density at radius 1 is 1.50 bits per heavy atom. The second-order valence-corrected chi connectivity index (χ2v) is 6.11. The highest BCUT2D eigenvalue weighted by molar-refractivity contribution is 7.89. The summed E-state index contributed by atoms with van der Waals surface area (Å²) in [5, 5.41) is 19.2. The van der Waals surface area contributed by atoms with Crippen molar-refractivity contribution in [2.45, 2.75) is 18.2 Å². The quantitative estimate of drug-likeness (QED) is 0.577. The number of aliphatic hydroxyl groups excluding tert-OH is 1. The molecule has 0 saturated heterocycles. The summed E-state index contributed by atoms with van der Waals surface area (Å²) in [6.07, 6.45) is 0.428. The van der Waals surface area contributed by atoms with E-state index in [-0.39, 0.29) is 24.0 Å². The molecule has 0 spiro atoms. The summed E-state index contributed by atoms with van der Waals surface area (Å²) in [7, 11) is -3.93. The molecule has 0 aromatic heterocycles. The number of halogens is 1. The molecule has 1 rings (SSSR count). The number of aliphatic hydroxyl groups is 1. The van der Waals surface area contributed by atoms with Crippen molar-refractivity contribution in [3.05, 3.63) is 34.1 Å². The first-order valence-corrected chi connectivity index (χ1v) is 7.30. The third-order valence-corrected chi connectivity index (χ3v) is 4.09. The van der Waals surface area contributed by atoms with Crippen molar-refractivity contribution in [1.29, 1.82) is 0 Å². The van der Waals surface area contributed by atoms with Crippen molar-refractivity contribution >= 4 is 15.7 Å². The molecular formula is C11H15FN2O5S. The highest BCUT2D eigenvalue weighted by atomic mass is 32.2. The van der Waals surface area contributed by atoms with Gasteiger partial charge in [-0.25, -0.2) is 13.1 Å². The Morgan fingerprint density at radius 2 is 2.15 bits per heavy atom. The van der Waals surface area contributed by atoms with Crippen LogP contribution in [0.1, 0.15) is 13.3 Å². The molecule has 7 nitrogen and oxygen atoms in total. The maximum atomic E-state index is 13.4. The van der Waals surface area contributed by atoms with Crippen molar-refractivity contribution in [2.24, 2.45) is 5.92 Å². The fourth-order valence-corrected chi connectivity index (χ4v) is 2.64. The Bertz CT molecular complexity index is 590. The van der Waals surface area contributed by atoms with Gasteiger partial charge in [-0.3, -0.25) is 10.1 Å². The van der Waals surface area contributed by atoms with Gasteiger partial charge in [-0.15, -0.1) is 0 Å². The van der Waals surface area contributed by atoms with Gasteiger partial charge in [0.15, 0.2) is 0 Å². The van der Waals surface area contributed by atoms with Crippen molar-refractivity contribution in [3.8, 4) is 0 Å². The summed E-state index contributed by atoms with van der Waals surface area (Å²) in [5.74, 6) is -1.29. The van der Waals surface area contributed by atoms with Crippen LogP contribution in [0.5, 0.6) is 0 Å². The largest absolute Gasteiger partial charge is 0.396 e. The van der Waals surface area contributed by atoms with Crippen molar-refractivity contribution < 1.29 is 22.8 Å². The lowest BCUT2D eigenvalue weighted by Gasteiger charge is -2.11. The number of hydrogen-bond donors (Lipinski definition) is 2. The average Bonchev–Trinajstić information content (AvgIpc) is 2.36. The Labute approximate surface area is 115 Å².